The third-order valence-electron chi connectivity index (χ3n) is 3.28. The number of nitrogens with zero attached hydrogens (tertiary/aromatic N) is 1. The lowest BCUT2D eigenvalue weighted by molar-refractivity contribution is 0.345. The van der Waals surface area contributed by atoms with Gasteiger partial charge in [-0.25, -0.2) is 0 Å². The Balaban J connectivity index is 2.09. The molecule has 0 fully saturated rings. The van der Waals surface area contributed by atoms with Gasteiger partial charge < -0.3 is 10.0 Å². The molecule has 1 heterocycles. The molecule has 3 heteroatoms. The van der Waals surface area contributed by atoms with Gasteiger partial charge in [-0.15, -0.1) is 0 Å². The number of unbranched alkanes of at least 4 members (excludes halogenated alkanes) is 2. The number of hydrogen-bond donors (Lipinski definition) is 2. The molecule has 96 valence electrons. The quantitative estimate of drug-likeness (QED) is 0.779. The first-order valence-electron chi connectivity index (χ1n) is 6.55. The Bertz CT molecular complexity index is 451. The number of rotatable bonds is 5. The summed E-state index contributed by atoms with van der Waals surface area (Å²) < 4.78 is 0. The summed E-state index contributed by atoms with van der Waals surface area (Å²) >= 11 is 0. The highest BCUT2D eigenvalue weighted by Crippen LogP contribution is 2.27. The molecule has 0 bridgehead atoms. The summed E-state index contributed by atoms with van der Waals surface area (Å²) in [5.41, 5.74) is 1.62. The largest absolute Gasteiger partial charge is 0.510 e. The average molecular weight is 244 g/mol. The second kappa shape index (κ2) is 5.71. The monoisotopic (exact) mass is 244 g/mol. The van der Waals surface area contributed by atoms with E-state index in [1.807, 2.05) is 35.2 Å². The first kappa shape index (κ1) is 12.7. The molecule has 18 heavy (non-hydrogen) atoms. The molecule has 3 nitrogen and oxygen atoms in total. The number of amidine groups is 1. The van der Waals surface area contributed by atoms with Crippen LogP contribution in [0.2, 0.25) is 0 Å². The lowest BCUT2D eigenvalue weighted by atomic mass is 10.1. The lowest BCUT2D eigenvalue weighted by Gasteiger charge is -2.18. The maximum atomic E-state index is 10.0. The summed E-state index contributed by atoms with van der Waals surface area (Å²) in [4.78, 5) is 1.95. The van der Waals surface area contributed by atoms with Crippen molar-refractivity contribution < 1.29 is 5.11 Å². The fraction of sp³-hybridized carbons (Fsp3) is 0.400. The maximum absolute atomic E-state index is 10.0. The first-order chi connectivity index (χ1) is 8.74. The van der Waals surface area contributed by atoms with Crippen molar-refractivity contribution in [3.05, 3.63) is 41.7 Å². The molecule has 0 saturated carbocycles. The van der Waals surface area contributed by atoms with Crippen molar-refractivity contribution in [1.29, 1.82) is 5.41 Å². The Hall–Kier alpha value is -1.77. The Morgan fingerprint density at radius 3 is 2.61 bits per heavy atom. The summed E-state index contributed by atoms with van der Waals surface area (Å²) in [6.07, 6.45) is 3.42. The number of nitrogens with one attached hydrogen (secondary N) is 1. The van der Waals surface area contributed by atoms with E-state index in [9.17, 15) is 5.11 Å². The molecule has 0 unspecified atom stereocenters. The van der Waals surface area contributed by atoms with Crippen molar-refractivity contribution in [3.8, 4) is 0 Å². The zero-order chi connectivity index (χ0) is 13.0. The average Bonchev–Trinajstić information content (AvgIpc) is 2.66. The van der Waals surface area contributed by atoms with Gasteiger partial charge in [-0.05, 0) is 12.0 Å². The zero-order valence-corrected chi connectivity index (χ0v) is 10.8. The van der Waals surface area contributed by atoms with E-state index in [1.54, 1.807) is 0 Å². The predicted octanol–water partition coefficient (Wildman–Crippen LogP) is 3.44. The fourth-order valence-electron chi connectivity index (χ4n) is 2.29. The topological polar surface area (TPSA) is 47.3 Å². The van der Waals surface area contributed by atoms with Crippen LogP contribution in [0.3, 0.4) is 0 Å². The highest BCUT2D eigenvalue weighted by atomic mass is 16.3. The first-order valence-corrected chi connectivity index (χ1v) is 6.55. The molecule has 1 aliphatic rings. The Morgan fingerprint density at radius 2 is 1.94 bits per heavy atom. The molecule has 2 N–H and O–H groups in total. The Morgan fingerprint density at radius 1 is 1.22 bits per heavy atom. The summed E-state index contributed by atoms with van der Waals surface area (Å²) in [6.45, 7) is 3.50. The van der Waals surface area contributed by atoms with Crippen LogP contribution in [0.15, 0.2) is 36.1 Å². The van der Waals surface area contributed by atoms with Crippen LogP contribution in [0.1, 0.15) is 31.7 Å². The maximum Gasteiger partial charge on any atom is 0.132 e. The summed E-state index contributed by atoms with van der Waals surface area (Å²) in [5.74, 6) is 0.775. The summed E-state index contributed by atoms with van der Waals surface area (Å²) in [7, 11) is 0. The second-order valence-corrected chi connectivity index (χ2v) is 4.66. The molecule has 0 aromatic heterocycles. The van der Waals surface area contributed by atoms with E-state index in [0.717, 1.165) is 18.5 Å². The molecule has 2 rings (SSSR count). The van der Waals surface area contributed by atoms with Crippen molar-refractivity contribution >= 4 is 11.4 Å². The zero-order valence-electron chi connectivity index (χ0n) is 10.8. The van der Waals surface area contributed by atoms with Crippen LogP contribution in [0.25, 0.3) is 5.57 Å². The molecule has 0 atom stereocenters. The minimum Gasteiger partial charge on any atom is -0.510 e. The number of benzene rings is 1. The van der Waals surface area contributed by atoms with Crippen molar-refractivity contribution in [1.82, 2.24) is 4.90 Å². The van der Waals surface area contributed by atoms with E-state index in [1.165, 1.54) is 12.8 Å². The summed E-state index contributed by atoms with van der Waals surface area (Å²) in [6, 6.07) is 9.69. The van der Waals surface area contributed by atoms with Gasteiger partial charge >= 0.3 is 0 Å². The van der Waals surface area contributed by atoms with Crippen molar-refractivity contribution in [2.45, 2.75) is 26.2 Å². The number of hydrogen-bond acceptors (Lipinski definition) is 2. The third kappa shape index (κ3) is 2.55. The molecule has 1 aliphatic heterocycles. The Kier molecular flexibility index (Phi) is 4.03. The molecule has 1 aromatic carbocycles. The fourth-order valence-corrected chi connectivity index (χ4v) is 2.29. The van der Waals surface area contributed by atoms with Gasteiger partial charge in [0.25, 0.3) is 0 Å². The minimum absolute atomic E-state index is 0.322. The lowest BCUT2D eigenvalue weighted by Crippen LogP contribution is -2.27. The summed E-state index contributed by atoms with van der Waals surface area (Å²) in [5, 5.41) is 18.2. The van der Waals surface area contributed by atoms with Crippen LogP contribution >= 0.6 is 0 Å². The predicted molar refractivity (Wildman–Crippen MR) is 74.8 cm³/mol. The molecule has 1 aromatic rings. The standard InChI is InChI=1S/C15H20N2O/c1-2-3-7-10-17-11-13(18)14(15(17)16)12-8-5-4-6-9-12/h4-6,8-9,16,18H,2-3,7,10-11H2,1H3. The van der Waals surface area contributed by atoms with Gasteiger partial charge in [-0.2, -0.15) is 0 Å². The van der Waals surface area contributed by atoms with Crippen molar-refractivity contribution in [2.24, 2.45) is 0 Å². The third-order valence-corrected chi connectivity index (χ3v) is 3.28. The highest BCUT2D eigenvalue weighted by molar-refractivity contribution is 6.23. The van der Waals surface area contributed by atoms with Gasteiger partial charge in [0.15, 0.2) is 0 Å². The minimum atomic E-state index is 0.322. The van der Waals surface area contributed by atoms with Crippen molar-refractivity contribution in [2.75, 3.05) is 13.1 Å². The van der Waals surface area contributed by atoms with E-state index in [2.05, 4.69) is 6.92 Å². The molecule has 0 amide bonds. The Labute approximate surface area is 108 Å². The van der Waals surface area contributed by atoms with Gasteiger partial charge in [0.05, 0.1) is 12.1 Å². The van der Waals surface area contributed by atoms with Crippen LogP contribution < -0.4 is 0 Å². The normalized spacial score (nSPS) is 15.6. The van der Waals surface area contributed by atoms with E-state index in [4.69, 9.17) is 5.41 Å². The molecule has 0 spiro atoms. The molecular formula is C15H20N2O. The number of aliphatic hydroxyl groups is 1. The van der Waals surface area contributed by atoms with Crippen LogP contribution in [0, 0.1) is 5.41 Å². The van der Waals surface area contributed by atoms with Gasteiger partial charge in [-0.1, -0.05) is 50.1 Å². The molecule has 0 aliphatic carbocycles. The smallest absolute Gasteiger partial charge is 0.132 e. The van der Waals surface area contributed by atoms with Crippen LogP contribution in [-0.2, 0) is 0 Å². The van der Waals surface area contributed by atoms with Crippen molar-refractivity contribution in [3.63, 3.8) is 0 Å². The van der Waals surface area contributed by atoms with Gasteiger partial charge in [0.2, 0.25) is 0 Å². The van der Waals surface area contributed by atoms with E-state index in [-0.39, 0.29) is 0 Å². The number of aliphatic hydroxyl groups excluding tert-OH is 1. The van der Waals surface area contributed by atoms with Crippen LogP contribution in [0.4, 0.5) is 0 Å². The van der Waals surface area contributed by atoms with Gasteiger partial charge in [0, 0.05) is 6.54 Å². The SMILES string of the molecule is CCCCCN1CC(O)=C(c2ccccc2)C1=N. The molecular weight excluding hydrogens is 224 g/mol. The van der Waals surface area contributed by atoms with E-state index in [0.29, 0.717) is 23.7 Å². The second-order valence-electron chi connectivity index (χ2n) is 4.66. The van der Waals surface area contributed by atoms with E-state index >= 15 is 0 Å². The highest BCUT2D eigenvalue weighted by Gasteiger charge is 2.27. The molecule has 0 radical (unpaired) electrons. The van der Waals surface area contributed by atoms with Gasteiger partial charge in [0.1, 0.15) is 11.6 Å². The van der Waals surface area contributed by atoms with E-state index < -0.39 is 0 Å². The van der Waals surface area contributed by atoms with Gasteiger partial charge in [-0.3, -0.25) is 5.41 Å². The van der Waals surface area contributed by atoms with Crippen LogP contribution in [0.5, 0.6) is 0 Å². The molecule has 0 saturated heterocycles. The van der Waals surface area contributed by atoms with Crippen LogP contribution in [-0.4, -0.2) is 28.9 Å².